The standard InChI is InChI=1S/C33H40Cl2O8/c1-3-5-6-7-8-17-40-26-14-16-30(28(35)21-26)43-33(38)25-12-10-24(11-13-25)32(37)42-29-15-9-23(20-27(29)34)22-39-18-19-41-31(36)4-2/h4,9,14-16,20-21,24-25H,2-3,5-8,10-13,17-19,22H2,1H3. The van der Waals surface area contributed by atoms with Crippen molar-refractivity contribution in [3.8, 4) is 17.2 Å². The van der Waals surface area contributed by atoms with Gasteiger partial charge in [0.05, 0.1) is 41.7 Å². The Hall–Kier alpha value is -3.07. The van der Waals surface area contributed by atoms with E-state index in [0.717, 1.165) is 24.5 Å². The number of halogens is 2. The second-order valence-corrected chi connectivity index (χ2v) is 11.2. The van der Waals surface area contributed by atoms with Gasteiger partial charge in [-0.3, -0.25) is 9.59 Å². The average Bonchev–Trinajstić information content (AvgIpc) is 3.01. The van der Waals surface area contributed by atoms with Crippen LogP contribution in [0.15, 0.2) is 49.1 Å². The van der Waals surface area contributed by atoms with Crippen LogP contribution in [0.3, 0.4) is 0 Å². The van der Waals surface area contributed by atoms with Gasteiger partial charge in [0.2, 0.25) is 0 Å². The third-order valence-electron chi connectivity index (χ3n) is 7.14. The average molecular weight is 636 g/mol. The van der Waals surface area contributed by atoms with Crippen molar-refractivity contribution < 1.29 is 38.1 Å². The SMILES string of the molecule is C=CC(=O)OCCOCc1ccc(OC(=O)C2CCC(C(=O)Oc3ccc(OCCCCCCC)cc3Cl)CC2)c(Cl)c1. The lowest BCUT2D eigenvalue weighted by molar-refractivity contribution is -0.145. The first-order chi connectivity index (χ1) is 20.8. The summed E-state index contributed by atoms with van der Waals surface area (Å²) in [7, 11) is 0. The van der Waals surface area contributed by atoms with E-state index in [-0.39, 0.29) is 54.4 Å². The van der Waals surface area contributed by atoms with Gasteiger partial charge >= 0.3 is 17.9 Å². The Labute approximate surface area is 263 Å². The van der Waals surface area contributed by atoms with Crippen LogP contribution in [-0.4, -0.2) is 37.7 Å². The summed E-state index contributed by atoms with van der Waals surface area (Å²) in [5, 5.41) is 0.600. The summed E-state index contributed by atoms with van der Waals surface area (Å²) in [5.74, 6) is -0.731. The number of rotatable bonds is 17. The van der Waals surface area contributed by atoms with Crippen LogP contribution in [0.25, 0.3) is 0 Å². The summed E-state index contributed by atoms with van der Waals surface area (Å²) in [6, 6.07) is 10.1. The van der Waals surface area contributed by atoms with E-state index in [0.29, 0.717) is 48.8 Å². The van der Waals surface area contributed by atoms with Crippen LogP contribution in [0.5, 0.6) is 17.2 Å². The number of hydrogen-bond acceptors (Lipinski definition) is 8. The topological polar surface area (TPSA) is 97.4 Å². The van der Waals surface area contributed by atoms with Crippen molar-refractivity contribution in [1.29, 1.82) is 0 Å². The summed E-state index contributed by atoms with van der Waals surface area (Å²) in [6.45, 7) is 6.72. The quantitative estimate of drug-likeness (QED) is 0.0749. The number of ether oxygens (including phenoxy) is 5. The minimum atomic E-state index is -0.508. The van der Waals surface area contributed by atoms with Gasteiger partial charge in [-0.2, -0.15) is 0 Å². The highest BCUT2D eigenvalue weighted by atomic mass is 35.5. The van der Waals surface area contributed by atoms with Gasteiger partial charge < -0.3 is 23.7 Å². The van der Waals surface area contributed by atoms with Gasteiger partial charge in [0, 0.05) is 12.1 Å². The molecule has 0 bridgehead atoms. The van der Waals surface area contributed by atoms with Gasteiger partial charge in [0.25, 0.3) is 0 Å². The first kappa shape index (κ1) is 34.4. The van der Waals surface area contributed by atoms with Gasteiger partial charge in [-0.25, -0.2) is 4.79 Å². The minimum Gasteiger partial charge on any atom is -0.494 e. The normalized spacial score (nSPS) is 16.3. The second kappa shape index (κ2) is 18.6. The number of hydrogen-bond donors (Lipinski definition) is 0. The lowest BCUT2D eigenvalue weighted by atomic mass is 9.82. The van der Waals surface area contributed by atoms with E-state index in [1.165, 1.54) is 19.3 Å². The molecule has 0 unspecified atom stereocenters. The predicted molar refractivity (Wildman–Crippen MR) is 165 cm³/mol. The van der Waals surface area contributed by atoms with Crippen LogP contribution in [0.4, 0.5) is 0 Å². The molecule has 2 aromatic rings. The van der Waals surface area contributed by atoms with Crippen LogP contribution in [-0.2, 0) is 30.5 Å². The number of benzene rings is 2. The Morgan fingerprint density at radius 2 is 1.42 bits per heavy atom. The molecule has 43 heavy (non-hydrogen) atoms. The second-order valence-electron chi connectivity index (χ2n) is 10.4. The van der Waals surface area contributed by atoms with Crippen LogP contribution in [0, 0.1) is 11.8 Å². The lowest BCUT2D eigenvalue weighted by Crippen LogP contribution is -2.30. The molecule has 0 heterocycles. The first-order valence-electron chi connectivity index (χ1n) is 14.8. The van der Waals surface area contributed by atoms with Gasteiger partial charge in [-0.05, 0) is 61.9 Å². The molecule has 0 N–H and O–H groups in total. The van der Waals surface area contributed by atoms with Crippen molar-refractivity contribution in [2.45, 2.75) is 71.3 Å². The number of carbonyl (C=O) groups is 3. The molecule has 0 atom stereocenters. The van der Waals surface area contributed by atoms with Crippen molar-refractivity contribution in [1.82, 2.24) is 0 Å². The summed E-state index contributed by atoms with van der Waals surface area (Å²) >= 11 is 12.7. The fourth-order valence-electron chi connectivity index (χ4n) is 4.67. The first-order valence-corrected chi connectivity index (χ1v) is 15.6. The maximum atomic E-state index is 12.8. The fraction of sp³-hybridized carbons (Fsp3) is 0.485. The molecule has 8 nitrogen and oxygen atoms in total. The highest BCUT2D eigenvalue weighted by Gasteiger charge is 2.32. The fourth-order valence-corrected chi connectivity index (χ4v) is 5.12. The van der Waals surface area contributed by atoms with E-state index < -0.39 is 5.97 Å². The molecule has 0 aromatic heterocycles. The van der Waals surface area contributed by atoms with Crippen molar-refractivity contribution in [2.75, 3.05) is 19.8 Å². The molecule has 3 rings (SSSR count). The number of unbranched alkanes of at least 4 members (excludes halogenated alkanes) is 4. The highest BCUT2D eigenvalue weighted by molar-refractivity contribution is 6.32. The zero-order valence-electron chi connectivity index (χ0n) is 24.6. The molecular weight excluding hydrogens is 595 g/mol. The molecule has 0 aliphatic heterocycles. The molecule has 1 aliphatic rings. The third kappa shape index (κ3) is 11.9. The zero-order valence-corrected chi connectivity index (χ0v) is 26.1. The Bertz CT molecular complexity index is 1220. The van der Waals surface area contributed by atoms with E-state index in [1.54, 1.807) is 36.4 Å². The molecule has 234 valence electrons. The maximum Gasteiger partial charge on any atom is 0.330 e. The Morgan fingerprint density at radius 1 is 0.814 bits per heavy atom. The van der Waals surface area contributed by atoms with E-state index in [2.05, 4.69) is 13.5 Å². The van der Waals surface area contributed by atoms with Crippen molar-refractivity contribution >= 4 is 41.1 Å². The molecular formula is C33H40Cl2O8. The summed E-state index contributed by atoms with van der Waals surface area (Å²) < 4.78 is 27.2. The summed E-state index contributed by atoms with van der Waals surface area (Å²) in [4.78, 5) is 36.7. The molecule has 1 fully saturated rings. The van der Waals surface area contributed by atoms with E-state index in [4.69, 9.17) is 46.9 Å². The highest BCUT2D eigenvalue weighted by Crippen LogP contribution is 2.35. The lowest BCUT2D eigenvalue weighted by Gasteiger charge is -2.26. The zero-order chi connectivity index (χ0) is 31.0. The van der Waals surface area contributed by atoms with E-state index in [1.807, 2.05) is 0 Å². The number of esters is 3. The molecule has 0 spiro atoms. The Balaban J connectivity index is 1.39. The smallest absolute Gasteiger partial charge is 0.330 e. The molecule has 2 aromatic carbocycles. The van der Waals surface area contributed by atoms with Gasteiger partial charge in [0.15, 0.2) is 0 Å². The molecule has 1 aliphatic carbocycles. The number of carbonyl (C=O) groups excluding carboxylic acids is 3. The molecule has 10 heteroatoms. The maximum absolute atomic E-state index is 12.8. The van der Waals surface area contributed by atoms with Crippen LogP contribution in [0.2, 0.25) is 10.0 Å². The van der Waals surface area contributed by atoms with Crippen molar-refractivity contribution in [2.24, 2.45) is 11.8 Å². The van der Waals surface area contributed by atoms with Crippen LogP contribution < -0.4 is 14.2 Å². The van der Waals surface area contributed by atoms with Gasteiger partial charge in [0.1, 0.15) is 23.9 Å². The van der Waals surface area contributed by atoms with E-state index in [9.17, 15) is 14.4 Å². The minimum absolute atomic E-state index is 0.115. The Morgan fingerprint density at radius 3 is 2.00 bits per heavy atom. The van der Waals surface area contributed by atoms with Crippen molar-refractivity contribution in [3.63, 3.8) is 0 Å². The van der Waals surface area contributed by atoms with Gasteiger partial charge in [-0.1, -0.05) is 68.5 Å². The van der Waals surface area contributed by atoms with Crippen LogP contribution in [0.1, 0.15) is 70.3 Å². The largest absolute Gasteiger partial charge is 0.494 e. The summed E-state index contributed by atoms with van der Waals surface area (Å²) in [5.41, 5.74) is 0.777. The van der Waals surface area contributed by atoms with Crippen LogP contribution >= 0.6 is 23.2 Å². The molecule has 0 amide bonds. The predicted octanol–water partition coefficient (Wildman–Crippen LogP) is 7.91. The van der Waals surface area contributed by atoms with E-state index >= 15 is 0 Å². The third-order valence-corrected chi connectivity index (χ3v) is 7.73. The molecule has 1 saturated carbocycles. The Kier molecular flexibility index (Phi) is 14.9. The van der Waals surface area contributed by atoms with Crippen molar-refractivity contribution in [3.05, 3.63) is 64.7 Å². The summed E-state index contributed by atoms with van der Waals surface area (Å²) in [6.07, 6.45) is 8.85. The monoisotopic (exact) mass is 634 g/mol. The molecule has 0 radical (unpaired) electrons. The molecule has 0 saturated heterocycles. The van der Waals surface area contributed by atoms with Gasteiger partial charge in [-0.15, -0.1) is 0 Å².